The van der Waals surface area contributed by atoms with Crippen LogP contribution in [0, 0.1) is 6.92 Å². The molecule has 3 rings (SSSR count). The van der Waals surface area contributed by atoms with Crippen LogP contribution in [0.1, 0.15) is 31.4 Å². The Kier molecular flexibility index (Phi) is 5.22. The van der Waals surface area contributed by atoms with Crippen LogP contribution in [0.25, 0.3) is 0 Å². The summed E-state index contributed by atoms with van der Waals surface area (Å²) in [6.07, 6.45) is 0.378. The minimum absolute atomic E-state index is 0.0517. The second-order valence-electron chi connectivity index (χ2n) is 7.55. The smallest absolute Gasteiger partial charge is 0.325 e. The zero-order chi connectivity index (χ0) is 20.7. The average molecular weight is 407 g/mol. The van der Waals surface area contributed by atoms with Gasteiger partial charge in [0.25, 0.3) is 5.91 Å². The van der Waals surface area contributed by atoms with E-state index in [1.807, 2.05) is 19.1 Å². The van der Waals surface area contributed by atoms with Crippen LogP contribution in [0.4, 0.5) is 4.79 Å². The number of hydrogen-bond acceptors (Lipinski definition) is 5. The lowest BCUT2D eigenvalue weighted by atomic mass is 9.91. The fourth-order valence-corrected chi connectivity index (χ4v) is 5.54. The summed E-state index contributed by atoms with van der Waals surface area (Å²) in [6, 6.07) is 6.23. The van der Waals surface area contributed by atoms with Gasteiger partial charge in [-0.05, 0) is 32.8 Å². The van der Waals surface area contributed by atoms with Crippen molar-refractivity contribution in [2.75, 3.05) is 24.6 Å². The first-order valence-corrected chi connectivity index (χ1v) is 11.1. The maximum atomic E-state index is 13.0. The second kappa shape index (κ2) is 7.20. The molecule has 0 aromatic heterocycles. The van der Waals surface area contributed by atoms with Crippen LogP contribution in [-0.2, 0) is 25.0 Å². The van der Waals surface area contributed by atoms with Gasteiger partial charge in [0.2, 0.25) is 5.91 Å². The van der Waals surface area contributed by atoms with E-state index in [2.05, 4.69) is 5.32 Å². The van der Waals surface area contributed by atoms with Gasteiger partial charge < -0.3 is 10.2 Å². The van der Waals surface area contributed by atoms with E-state index in [-0.39, 0.29) is 11.5 Å². The Morgan fingerprint density at radius 1 is 1.29 bits per heavy atom. The molecule has 0 unspecified atom stereocenters. The lowest BCUT2D eigenvalue weighted by Gasteiger charge is -2.28. The minimum Gasteiger partial charge on any atom is -0.337 e. The van der Waals surface area contributed by atoms with Gasteiger partial charge in [0, 0.05) is 12.6 Å². The molecule has 1 aromatic carbocycles. The minimum atomic E-state index is -3.14. The number of aryl methyl sites for hydroxylation is 1. The molecule has 28 heavy (non-hydrogen) atoms. The molecule has 8 nitrogen and oxygen atoms in total. The quantitative estimate of drug-likeness (QED) is 0.727. The highest BCUT2D eigenvalue weighted by molar-refractivity contribution is 7.91. The summed E-state index contributed by atoms with van der Waals surface area (Å²) in [5, 5.41) is 2.68. The maximum absolute atomic E-state index is 13.0. The van der Waals surface area contributed by atoms with E-state index >= 15 is 0 Å². The van der Waals surface area contributed by atoms with Crippen molar-refractivity contribution in [1.82, 2.24) is 15.1 Å². The molecular weight excluding hydrogens is 382 g/mol. The van der Waals surface area contributed by atoms with Crippen molar-refractivity contribution in [2.45, 2.75) is 38.8 Å². The third-order valence-electron chi connectivity index (χ3n) is 5.51. The van der Waals surface area contributed by atoms with E-state index in [1.54, 1.807) is 26.0 Å². The molecule has 2 aliphatic rings. The molecule has 1 N–H and O–H groups in total. The molecule has 2 saturated heterocycles. The van der Waals surface area contributed by atoms with Gasteiger partial charge in [0.15, 0.2) is 9.84 Å². The highest BCUT2D eigenvalue weighted by atomic mass is 32.2. The van der Waals surface area contributed by atoms with Gasteiger partial charge in [-0.1, -0.05) is 29.8 Å². The summed E-state index contributed by atoms with van der Waals surface area (Å²) >= 11 is 0. The van der Waals surface area contributed by atoms with Crippen molar-refractivity contribution in [3.63, 3.8) is 0 Å². The second-order valence-corrected chi connectivity index (χ2v) is 9.78. The summed E-state index contributed by atoms with van der Waals surface area (Å²) in [7, 11) is -3.14. The number of nitrogens with one attached hydrogen (secondary N) is 1. The Labute approximate surface area is 164 Å². The van der Waals surface area contributed by atoms with E-state index < -0.39 is 45.8 Å². The molecular formula is C19H25N3O5S. The molecule has 2 atom stereocenters. The van der Waals surface area contributed by atoms with Crippen molar-refractivity contribution in [1.29, 1.82) is 0 Å². The summed E-state index contributed by atoms with van der Waals surface area (Å²) in [5.74, 6) is -0.949. The first-order chi connectivity index (χ1) is 13.1. The van der Waals surface area contributed by atoms with Crippen LogP contribution >= 0.6 is 0 Å². The Hall–Kier alpha value is -2.42. The Balaban J connectivity index is 1.76. The summed E-state index contributed by atoms with van der Waals surface area (Å²) in [6.45, 7) is 5.21. The number of imide groups is 1. The predicted octanol–water partition coefficient (Wildman–Crippen LogP) is 0.798. The van der Waals surface area contributed by atoms with Crippen LogP contribution in [0.5, 0.6) is 0 Å². The normalized spacial score (nSPS) is 26.4. The zero-order valence-corrected chi connectivity index (χ0v) is 17.1. The number of sulfone groups is 1. The molecule has 0 bridgehead atoms. The first-order valence-electron chi connectivity index (χ1n) is 9.28. The highest BCUT2D eigenvalue weighted by Crippen LogP contribution is 2.29. The van der Waals surface area contributed by atoms with Crippen molar-refractivity contribution >= 4 is 27.7 Å². The van der Waals surface area contributed by atoms with E-state index in [4.69, 9.17) is 0 Å². The van der Waals surface area contributed by atoms with Gasteiger partial charge >= 0.3 is 6.03 Å². The summed E-state index contributed by atoms with van der Waals surface area (Å²) in [5.41, 5.74) is 0.431. The number of carbonyl (C=O) groups is 3. The van der Waals surface area contributed by atoms with Gasteiger partial charge in [-0.2, -0.15) is 0 Å². The topological polar surface area (TPSA) is 104 Å². The molecule has 2 heterocycles. The molecule has 2 aliphatic heterocycles. The number of hydrogen-bond donors (Lipinski definition) is 1. The molecule has 2 fully saturated rings. The largest absolute Gasteiger partial charge is 0.337 e. The van der Waals surface area contributed by atoms with Crippen molar-refractivity contribution in [3.8, 4) is 0 Å². The van der Waals surface area contributed by atoms with Gasteiger partial charge in [-0.25, -0.2) is 13.2 Å². The van der Waals surface area contributed by atoms with Gasteiger partial charge in [0.1, 0.15) is 12.1 Å². The third-order valence-corrected chi connectivity index (χ3v) is 7.26. The van der Waals surface area contributed by atoms with E-state index in [0.717, 1.165) is 10.5 Å². The Morgan fingerprint density at radius 3 is 2.46 bits per heavy atom. The molecule has 1 aromatic rings. The van der Waals surface area contributed by atoms with Crippen molar-refractivity contribution in [2.24, 2.45) is 0 Å². The number of urea groups is 1. The van der Waals surface area contributed by atoms with Crippen LogP contribution in [0.2, 0.25) is 0 Å². The predicted molar refractivity (Wildman–Crippen MR) is 103 cm³/mol. The summed E-state index contributed by atoms with van der Waals surface area (Å²) < 4.78 is 23.5. The molecule has 4 amide bonds. The molecule has 152 valence electrons. The van der Waals surface area contributed by atoms with Crippen LogP contribution in [0.15, 0.2) is 24.3 Å². The maximum Gasteiger partial charge on any atom is 0.325 e. The molecule has 0 spiro atoms. The number of benzene rings is 1. The Bertz CT molecular complexity index is 912. The standard InChI is InChI=1S/C19H25N3O5S/c1-4-21(15-9-10-28(26,27)12-15)16(23)11-22-17(24)19(3,20-18(22)25)14-7-5-13(2)6-8-14/h5-8,15H,4,9-12H2,1-3H3,(H,20,25)/t15-,19+/m0/s1. The number of nitrogens with zero attached hydrogens (tertiary/aromatic N) is 2. The number of likely N-dealkylation sites (N-methyl/N-ethyl adjacent to an activating group) is 1. The first kappa shape index (κ1) is 20.3. The third kappa shape index (κ3) is 3.63. The highest BCUT2D eigenvalue weighted by Gasteiger charge is 2.50. The van der Waals surface area contributed by atoms with E-state index in [9.17, 15) is 22.8 Å². The van der Waals surface area contributed by atoms with Crippen LogP contribution < -0.4 is 5.32 Å². The summed E-state index contributed by atoms with van der Waals surface area (Å²) in [4.78, 5) is 40.5. The fraction of sp³-hybridized carbons (Fsp3) is 0.526. The lowest BCUT2D eigenvalue weighted by Crippen LogP contribution is -2.48. The van der Waals surface area contributed by atoms with E-state index in [1.165, 1.54) is 4.90 Å². The fourth-order valence-electron chi connectivity index (χ4n) is 3.81. The van der Waals surface area contributed by atoms with Crippen LogP contribution in [0.3, 0.4) is 0 Å². The monoisotopic (exact) mass is 407 g/mol. The number of rotatable bonds is 5. The zero-order valence-electron chi connectivity index (χ0n) is 16.3. The van der Waals surface area contributed by atoms with E-state index in [0.29, 0.717) is 18.5 Å². The van der Waals surface area contributed by atoms with Gasteiger partial charge in [-0.15, -0.1) is 0 Å². The molecule has 9 heteroatoms. The number of amides is 4. The van der Waals surface area contributed by atoms with Gasteiger partial charge in [-0.3, -0.25) is 14.5 Å². The Morgan fingerprint density at radius 2 is 1.93 bits per heavy atom. The number of carbonyl (C=O) groups excluding carboxylic acids is 3. The molecule has 0 aliphatic carbocycles. The van der Waals surface area contributed by atoms with Gasteiger partial charge in [0.05, 0.1) is 11.5 Å². The molecule has 0 radical (unpaired) electrons. The van der Waals surface area contributed by atoms with Crippen molar-refractivity contribution in [3.05, 3.63) is 35.4 Å². The molecule has 0 saturated carbocycles. The van der Waals surface area contributed by atoms with Crippen LogP contribution in [-0.4, -0.2) is 66.7 Å². The van der Waals surface area contributed by atoms with Crippen molar-refractivity contribution < 1.29 is 22.8 Å². The average Bonchev–Trinajstić information content (AvgIpc) is 3.08. The SMILES string of the molecule is CCN(C(=O)CN1C(=O)N[C@](C)(c2ccc(C)cc2)C1=O)[C@H]1CCS(=O)(=O)C1. The lowest BCUT2D eigenvalue weighted by molar-refractivity contribution is -0.139.